The molecule has 9 heteroatoms. The number of rotatable bonds is 7. The van der Waals surface area contributed by atoms with Crippen LogP contribution in [0, 0.1) is 12.8 Å². The molecular formula is C21H27N7O2. The number of hydrogen-bond acceptors (Lipinski definition) is 8. The van der Waals surface area contributed by atoms with Crippen molar-refractivity contribution in [3.05, 3.63) is 29.6 Å². The Labute approximate surface area is 175 Å². The second kappa shape index (κ2) is 8.64. The SMILES string of the molecule is CCOn1nc(CC)c2nc(N3CCC(C=O)CC3)nc(Nc3cc(C)ccn3)c21. The van der Waals surface area contributed by atoms with Gasteiger partial charge in [0, 0.05) is 25.2 Å². The molecule has 9 nitrogen and oxygen atoms in total. The predicted octanol–water partition coefficient (Wildman–Crippen LogP) is 2.70. The molecule has 30 heavy (non-hydrogen) atoms. The fraction of sp³-hybridized carbons (Fsp3) is 0.476. The van der Waals surface area contributed by atoms with Gasteiger partial charge in [-0.1, -0.05) is 11.8 Å². The molecule has 3 aromatic heterocycles. The quantitative estimate of drug-likeness (QED) is 0.595. The van der Waals surface area contributed by atoms with Crippen LogP contribution >= 0.6 is 0 Å². The van der Waals surface area contributed by atoms with E-state index in [0.29, 0.717) is 29.7 Å². The number of carbonyl (C=O) groups excluding carboxylic acids is 1. The van der Waals surface area contributed by atoms with E-state index in [1.54, 1.807) is 6.20 Å². The van der Waals surface area contributed by atoms with Crippen LogP contribution in [-0.2, 0) is 11.2 Å². The zero-order valence-electron chi connectivity index (χ0n) is 17.6. The van der Waals surface area contributed by atoms with Crippen LogP contribution in [0.25, 0.3) is 11.0 Å². The van der Waals surface area contributed by atoms with Crippen LogP contribution in [0.4, 0.5) is 17.6 Å². The summed E-state index contributed by atoms with van der Waals surface area (Å²) < 4.78 is 0. The van der Waals surface area contributed by atoms with Gasteiger partial charge >= 0.3 is 0 Å². The largest absolute Gasteiger partial charge is 0.396 e. The number of aldehydes is 1. The smallest absolute Gasteiger partial charge is 0.228 e. The van der Waals surface area contributed by atoms with Gasteiger partial charge in [0.15, 0.2) is 11.3 Å². The Bertz CT molecular complexity index is 1040. The van der Waals surface area contributed by atoms with Crippen molar-refractivity contribution >= 4 is 34.9 Å². The summed E-state index contributed by atoms with van der Waals surface area (Å²) in [6.45, 7) is 7.95. The van der Waals surface area contributed by atoms with Crippen molar-refractivity contribution in [2.45, 2.75) is 40.0 Å². The molecule has 3 aromatic rings. The molecule has 0 saturated carbocycles. The summed E-state index contributed by atoms with van der Waals surface area (Å²) in [5.74, 6) is 2.05. The molecular weight excluding hydrogens is 382 g/mol. The lowest BCUT2D eigenvalue weighted by Crippen LogP contribution is -2.35. The maximum atomic E-state index is 11.1. The van der Waals surface area contributed by atoms with Gasteiger partial charge in [0.1, 0.15) is 24.2 Å². The first-order valence-corrected chi connectivity index (χ1v) is 10.5. The molecule has 1 aliphatic rings. The molecule has 0 unspecified atom stereocenters. The first-order chi connectivity index (χ1) is 14.6. The molecule has 1 aliphatic heterocycles. The molecule has 0 atom stereocenters. The van der Waals surface area contributed by atoms with Crippen molar-refractivity contribution < 1.29 is 9.63 Å². The third-order valence-electron chi connectivity index (χ3n) is 5.31. The van der Waals surface area contributed by atoms with Crippen LogP contribution in [0.15, 0.2) is 18.3 Å². The Hall–Kier alpha value is -3.23. The molecule has 0 spiro atoms. The van der Waals surface area contributed by atoms with E-state index in [0.717, 1.165) is 55.4 Å². The normalized spacial score (nSPS) is 14.8. The summed E-state index contributed by atoms with van der Waals surface area (Å²) >= 11 is 0. The molecule has 1 N–H and O–H groups in total. The van der Waals surface area contributed by atoms with Crippen LogP contribution < -0.4 is 15.1 Å². The molecule has 1 saturated heterocycles. The topological polar surface area (TPSA) is 98.1 Å². The molecule has 0 bridgehead atoms. The van der Waals surface area contributed by atoms with Crippen molar-refractivity contribution in [3.63, 3.8) is 0 Å². The minimum absolute atomic E-state index is 0.117. The summed E-state index contributed by atoms with van der Waals surface area (Å²) in [7, 11) is 0. The molecule has 4 rings (SSSR count). The van der Waals surface area contributed by atoms with Gasteiger partial charge in [-0.2, -0.15) is 4.98 Å². The first kappa shape index (κ1) is 20.1. The van der Waals surface area contributed by atoms with Crippen LogP contribution in [0.1, 0.15) is 37.9 Å². The summed E-state index contributed by atoms with van der Waals surface area (Å²) in [6, 6.07) is 3.91. The number of piperidine rings is 1. The van der Waals surface area contributed by atoms with Crippen LogP contribution in [0.5, 0.6) is 0 Å². The Balaban J connectivity index is 1.81. The van der Waals surface area contributed by atoms with Crippen molar-refractivity contribution in [1.82, 2.24) is 24.9 Å². The standard InChI is InChI=1S/C21H27N7O2/c1-4-16-18-19(28(26-16)30-5-2)20(23-17-12-14(3)6-9-22-17)25-21(24-18)27-10-7-15(13-29)8-11-27/h6,9,12-13,15H,4-5,7-8,10-11H2,1-3H3,(H,22,23,24,25). The zero-order valence-corrected chi connectivity index (χ0v) is 17.6. The van der Waals surface area contributed by atoms with Crippen molar-refractivity contribution in [2.75, 3.05) is 29.9 Å². The first-order valence-electron chi connectivity index (χ1n) is 10.5. The van der Waals surface area contributed by atoms with E-state index in [1.807, 2.05) is 32.9 Å². The maximum absolute atomic E-state index is 11.1. The van der Waals surface area contributed by atoms with Crippen molar-refractivity contribution in [3.8, 4) is 0 Å². The van der Waals surface area contributed by atoms with E-state index in [-0.39, 0.29) is 5.92 Å². The van der Waals surface area contributed by atoms with Gasteiger partial charge in [0.25, 0.3) is 0 Å². The monoisotopic (exact) mass is 409 g/mol. The number of anilines is 3. The van der Waals surface area contributed by atoms with Crippen molar-refractivity contribution in [1.29, 1.82) is 0 Å². The highest BCUT2D eigenvalue weighted by molar-refractivity contribution is 5.90. The minimum Gasteiger partial charge on any atom is -0.396 e. The van der Waals surface area contributed by atoms with E-state index < -0.39 is 0 Å². The molecule has 4 heterocycles. The summed E-state index contributed by atoms with van der Waals surface area (Å²) in [4.78, 5) is 34.6. The number of fused-ring (bicyclic) bond motifs is 1. The maximum Gasteiger partial charge on any atom is 0.228 e. The van der Waals surface area contributed by atoms with Crippen LogP contribution in [0.3, 0.4) is 0 Å². The van der Waals surface area contributed by atoms with Gasteiger partial charge in [-0.25, -0.2) is 9.97 Å². The third-order valence-corrected chi connectivity index (χ3v) is 5.31. The van der Waals surface area contributed by atoms with E-state index >= 15 is 0 Å². The molecule has 158 valence electrons. The van der Waals surface area contributed by atoms with Crippen LogP contribution in [0.2, 0.25) is 0 Å². The number of pyridine rings is 1. The fourth-order valence-electron chi connectivity index (χ4n) is 3.68. The Kier molecular flexibility index (Phi) is 5.78. The van der Waals surface area contributed by atoms with E-state index in [1.165, 1.54) is 4.85 Å². The highest BCUT2D eigenvalue weighted by Gasteiger charge is 2.25. The minimum atomic E-state index is 0.117. The molecule has 0 amide bonds. The van der Waals surface area contributed by atoms with Gasteiger partial charge in [-0.3, -0.25) is 0 Å². The highest BCUT2D eigenvalue weighted by Crippen LogP contribution is 2.29. The Morgan fingerprint density at radius 1 is 1.27 bits per heavy atom. The van der Waals surface area contributed by atoms with E-state index in [2.05, 4.69) is 20.3 Å². The Morgan fingerprint density at radius 2 is 2.07 bits per heavy atom. The Morgan fingerprint density at radius 3 is 2.73 bits per heavy atom. The van der Waals surface area contributed by atoms with Gasteiger partial charge in [-0.05, 0) is 50.8 Å². The summed E-state index contributed by atoms with van der Waals surface area (Å²) in [5.41, 5.74) is 3.42. The molecule has 0 radical (unpaired) electrons. The lowest BCUT2D eigenvalue weighted by atomic mass is 9.99. The number of hydrogen-bond donors (Lipinski definition) is 1. The van der Waals surface area contributed by atoms with Gasteiger partial charge in [0.2, 0.25) is 5.95 Å². The molecule has 1 fully saturated rings. The van der Waals surface area contributed by atoms with Crippen molar-refractivity contribution in [2.24, 2.45) is 5.92 Å². The lowest BCUT2D eigenvalue weighted by molar-refractivity contribution is -0.111. The number of aromatic nitrogens is 5. The zero-order chi connectivity index (χ0) is 21.1. The fourth-order valence-corrected chi connectivity index (χ4v) is 3.68. The van der Waals surface area contributed by atoms with Crippen LogP contribution in [-0.4, -0.2) is 50.9 Å². The number of aryl methyl sites for hydroxylation is 2. The van der Waals surface area contributed by atoms with Gasteiger partial charge in [-0.15, -0.1) is 5.10 Å². The second-order valence-corrected chi connectivity index (χ2v) is 7.46. The average Bonchev–Trinajstić information content (AvgIpc) is 3.12. The van der Waals surface area contributed by atoms with E-state index in [4.69, 9.17) is 14.8 Å². The number of carbonyl (C=O) groups is 1. The van der Waals surface area contributed by atoms with E-state index in [9.17, 15) is 4.79 Å². The number of nitrogens with zero attached hydrogens (tertiary/aromatic N) is 6. The average molecular weight is 409 g/mol. The predicted molar refractivity (Wildman–Crippen MR) is 115 cm³/mol. The van der Waals surface area contributed by atoms with Gasteiger partial charge in [0.05, 0.1) is 5.69 Å². The summed E-state index contributed by atoms with van der Waals surface area (Å²) in [6.07, 6.45) is 5.16. The molecule has 0 aliphatic carbocycles. The number of nitrogens with one attached hydrogen (secondary N) is 1. The lowest BCUT2D eigenvalue weighted by Gasteiger charge is -2.29. The van der Waals surface area contributed by atoms with Gasteiger partial charge < -0.3 is 19.8 Å². The highest BCUT2D eigenvalue weighted by atomic mass is 16.7. The summed E-state index contributed by atoms with van der Waals surface area (Å²) in [5, 5.41) is 7.93. The molecule has 0 aromatic carbocycles. The third kappa shape index (κ3) is 3.92. The second-order valence-electron chi connectivity index (χ2n) is 7.46.